The monoisotopic (exact) mass is 434 g/mol. The van der Waals surface area contributed by atoms with Gasteiger partial charge in [-0.3, -0.25) is 4.68 Å². The lowest BCUT2D eigenvalue weighted by atomic mass is 10.2. The Morgan fingerprint density at radius 2 is 2.11 bits per heavy atom. The minimum Gasteiger partial charge on any atom is -0.465 e. The van der Waals surface area contributed by atoms with Gasteiger partial charge in [-0.05, 0) is 44.1 Å². The van der Waals surface area contributed by atoms with Crippen molar-refractivity contribution < 1.29 is 22.7 Å². The van der Waals surface area contributed by atoms with Crippen LogP contribution in [0, 0.1) is 6.92 Å². The maximum absolute atomic E-state index is 12.7. The topological polar surface area (TPSA) is 68.2 Å². The number of rotatable bonds is 7. The molecule has 154 valence electrons. The fraction of sp³-hybridized carbons (Fsp3) is 0.471. The number of carbonyl (C=O) groups is 1. The predicted octanol–water partition coefficient (Wildman–Crippen LogP) is 4.00. The van der Waals surface area contributed by atoms with E-state index in [0.717, 1.165) is 17.4 Å². The first-order chi connectivity index (χ1) is 13.2. The van der Waals surface area contributed by atoms with Gasteiger partial charge in [-0.15, -0.1) is 11.3 Å². The Kier molecular flexibility index (Phi) is 7.41. The Morgan fingerprint density at radius 3 is 2.68 bits per heavy atom. The third kappa shape index (κ3) is 5.68. The molecule has 2 heterocycles. The van der Waals surface area contributed by atoms with E-state index < -0.39 is 17.8 Å². The first-order valence-electron chi connectivity index (χ1n) is 8.53. The number of thiocarbonyl (C=S) groups is 1. The van der Waals surface area contributed by atoms with Crippen LogP contribution in [0.3, 0.4) is 0 Å². The second-order valence-electron chi connectivity index (χ2n) is 5.93. The standard InChI is InChI=1S/C17H21F3N4O2S2/c1-4-11-9-12(15(25)26-3)14(28-11)22-16(27)21-6-5-7-24-10(2)8-13(23-24)17(18,19)20/h8-9H,4-7H2,1-3H3,(H2,21,22,27). The minimum atomic E-state index is -4.45. The molecule has 2 aromatic rings. The third-order valence-corrected chi connectivity index (χ3v) is 5.31. The molecule has 0 atom stereocenters. The zero-order valence-corrected chi connectivity index (χ0v) is 17.3. The van der Waals surface area contributed by atoms with Gasteiger partial charge in [-0.25, -0.2) is 4.79 Å². The quantitative estimate of drug-likeness (QED) is 0.390. The molecule has 0 aliphatic rings. The molecule has 0 aromatic carbocycles. The summed E-state index contributed by atoms with van der Waals surface area (Å²) in [6.45, 7) is 4.32. The minimum absolute atomic E-state index is 0.322. The molecule has 0 spiro atoms. The number of thiophene rings is 1. The number of esters is 1. The first kappa shape index (κ1) is 22.2. The van der Waals surface area contributed by atoms with Crippen molar-refractivity contribution in [3.63, 3.8) is 0 Å². The molecule has 0 unspecified atom stereocenters. The van der Waals surface area contributed by atoms with E-state index >= 15 is 0 Å². The zero-order chi connectivity index (χ0) is 20.9. The van der Waals surface area contributed by atoms with Crippen molar-refractivity contribution in [3.8, 4) is 0 Å². The van der Waals surface area contributed by atoms with Gasteiger partial charge in [0.15, 0.2) is 10.8 Å². The van der Waals surface area contributed by atoms with Crippen LogP contribution >= 0.6 is 23.6 Å². The Balaban J connectivity index is 1.86. The van der Waals surface area contributed by atoms with E-state index in [1.54, 1.807) is 13.0 Å². The van der Waals surface area contributed by atoms with E-state index in [4.69, 9.17) is 17.0 Å². The molecule has 2 N–H and O–H groups in total. The summed E-state index contributed by atoms with van der Waals surface area (Å²) >= 11 is 6.65. The van der Waals surface area contributed by atoms with Crippen molar-refractivity contribution in [3.05, 3.63) is 34.0 Å². The smallest absolute Gasteiger partial charge is 0.435 e. The molecule has 11 heteroatoms. The van der Waals surface area contributed by atoms with Gasteiger partial charge in [0.25, 0.3) is 0 Å². The number of hydrogen-bond acceptors (Lipinski definition) is 5. The average molecular weight is 435 g/mol. The number of aromatic nitrogens is 2. The molecule has 0 saturated heterocycles. The number of nitrogens with zero attached hydrogens (tertiary/aromatic N) is 2. The van der Waals surface area contributed by atoms with E-state index in [9.17, 15) is 18.0 Å². The highest BCUT2D eigenvalue weighted by molar-refractivity contribution is 7.80. The summed E-state index contributed by atoms with van der Waals surface area (Å²) in [5.41, 5.74) is -0.0308. The number of ether oxygens (including phenoxy) is 1. The summed E-state index contributed by atoms with van der Waals surface area (Å²) < 4.78 is 44.1. The second kappa shape index (κ2) is 9.37. The first-order valence-corrected chi connectivity index (χ1v) is 9.75. The number of halogens is 3. The van der Waals surface area contributed by atoms with Gasteiger partial charge in [0.05, 0.1) is 12.7 Å². The third-order valence-electron chi connectivity index (χ3n) is 3.87. The van der Waals surface area contributed by atoms with Gasteiger partial charge in [0.1, 0.15) is 5.00 Å². The van der Waals surface area contributed by atoms with Crippen molar-refractivity contribution >= 4 is 39.6 Å². The lowest BCUT2D eigenvalue weighted by molar-refractivity contribution is -0.141. The highest BCUT2D eigenvalue weighted by Crippen LogP contribution is 2.29. The van der Waals surface area contributed by atoms with Crippen molar-refractivity contribution in [1.29, 1.82) is 0 Å². The maximum atomic E-state index is 12.7. The Hall–Kier alpha value is -2.14. The van der Waals surface area contributed by atoms with Gasteiger partial charge in [-0.2, -0.15) is 18.3 Å². The van der Waals surface area contributed by atoms with Crippen molar-refractivity contribution in [2.45, 2.75) is 39.4 Å². The van der Waals surface area contributed by atoms with Gasteiger partial charge in [-0.1, -0.05) is 6.92 Å². The molecule has 0 fully saturated rings. The number of anilines is 1. The summed E-state index contributed by atoms with van der Waals surface area (Å²) in [5.74, 6) is -0.448. The Bertz CT molecular complexity index is 846. The van der Waals surface area contributed by atoms with Crippen LogP contribution in [-0.2, 0) is 23.9 Å². The average Bonchev–Trinajstić information content (AvgIpc) is 3.21. The zero-order valence-electron chi connectivity index (χ0n) is 15.6. The van der Waals surface area contributed by atoms with Crippen LogP contribution in [0.25, 0.3) is 0 Å². The van der Waals surface area contributed by atoms with Crippen LogP contribution in [-0.4, -0.2) is 34.5 Å². The molecule has 0 aliphatic heterocycles. The lowest BCUT2D eigenvalue weighted by Gasteiger charge is -2.11. The molecule has 0 bridgehead atoms. The van der Waals surface area contributed by atoms with Crippen molar-refractivity contribution in [1.82, 2.24) is 15.1 Å². The molecular formula is C17H21F3N4O2S2. The molecule has 2 rings (SSSR count). The summed E-state index contributed by atoms with van der Waals surface area (Å²) in [6, 6.07) is 2.79. The molecule has 0 radical (unpaired) electrons. The summed E-state index contributed by atoms with van der Waals surface area (Å²) in [7, 11) is 1.31. The van der Waals surface area contributed by atoms with E-state index in [1.807, 2.05) is 6.92 Å². The van der Waals surface area contributed by atoms with E-state index in [-0.39, 0.29) is 0 Å². The second-order valence-corrected chi connectivity index (χ2v) is 7.47. The molecular weight excluding hydrogens is 413 g/mol. The normalized spacial score (nSPS) is 11.4. The number of nitrogens with one attached hydrogen (secondary N) is 2. The van der Waals surface area contributed by atoms with Gasteiger partial charge >= 0.3 is 12.1 Å². The fourth-order valence-corrected chi connectivity index (χ4v) is 3.68. The van der Waals surface area contributed by atoms with Crippen molar-refractivity contribution in [2.24, 2.45) is 0 Å². The lowest BCUT2D eigenvalue weighted by Crippen LogP contribution is -2.30. The van der Waals surface area contributed by atoms with Crippen LogP contribution in [0.5, 0.6) is 0 Å². The van der Waals surface area contributed by atoms with Crippen LogP contribution in [0.15, 0.2) is 12.1 Å². The largest absolute Gasteiger partial charge is 0.465 e. The van der Waals surface area contributed by atoms with Crippen LogP contribution in [0.1, 0.15) is 40.0 Å². The molecule has 0 saturated carbocycles. The van der Waals surface area contributed by atoms with E-state index in [1.165, 1.54) is 23.1 Å². The summed E-state index contributed by atoms with van der Waals surface area (Å²) in [6.07, 6.45) is -3.15. The summed E-state index contributed by atoms with van der Waals surface area (Å²) in [4.78, 5) is 12.9. The number of methoxy groups -OCH3 is 1. The number of aryl methyl sites for hydroxylation is 3. The SMILES string of the molecule is CCc1cc(C(=O)OC)c(NC(=S)NCCCn2nc(C(F)(F)F)cc2C)s1. The Labute approximate surface area is 170 Å². The fourth-order valence-electron chi connectivity index (χ4n) is 2.42. The number of alkyl halides is 3. The van der Waals surface area contributed by atoms with Gasteiger partial charge < -0.3 is 15.4 Å². The van der Waals surface area contributed by atoms with Crippen LogP contribution in [0.2, 0.25) is 0 Å². The summed E-state index contributed by atoms with van der Waals surface area (Å²) in [5, 5.41) is 10.5. The van der Waals surface area contributed by atoms with Gasteiger partial charge in [0, 0.05) is 23.7 Å². The molecule has 2 aromatic heterocycles. The van der Waals surface area contributed by atoms with Crippen LogP contribution < -0.4 is 10.6 Å². The predicted molar refractivity (Wildman–Crippen MR) is 106 cm³/mol. The van der Waals surface area contributed by atoms with E-state index in [0.29, 0.717) is 40.9 Å². The highest BCUT2D eigenvalue weighted by Gasteiger charge is 2.34. The molecule has 28 heavy (non-hydrogen) atoms. The molecule has 0 amide bonds. The van der Waals surface area contributed by atoms with Gasteiger partial charge in [0.2, 0.25) is 0 Å². The maximum Gasteiger partial charge on any atom is 0.435 e. The number of carbonyl (C=O) groups excluding carboxylic acids is 1. The number of hydrogen-bond donors (Lipinski definition) is 2. The molecule has 0 aliphatic carbocycles. The van der Waals surface area contributed by atoms with E-state index in [2.05, 4.69) is 15.7 Å². The van der Waals surface area contributed by atoms with Crippen LogP contribution in [0.4, 0.5) is 18.2 Å². The van der Waals surface area contributed by atoms with Crippen molar-refractivity contribution in [2.75, 3.05) is 19.0 Å². The molecule has 6 nitrogen and oxygen atoms in total. The Morgan fingerprint density at radius 1 is 1.39 bits per heavy atom. The highest BCUT2D eigenvalue weighted by atomic mass is 32.1.